The largest absolute Gasteiger partial charge is 0.490 e. The maximum Gasteiger partial charge on any atom is 0.320 e. The molecule has 0 atom stereocenters. The van der Waals surface area contributed by atoms with E-state index in [9.17, 15) is 20.2 Å². The van der Waals surface area contributed by atoms with Crippen LogP contribution in [0.25, 0.3) is 21.3 Å². The maximum atomic E-state index is 11.3. The quantitative estimate of drug-likeness (QED) is 0.277. The minimum atomic E-state index is -0.797. The van der Waals surface area contributed by atoms with Crippen LogP contribution >= 0.6 is 0 Å². The SMILES string of the molecule is COc1ccc2nc(C)c([N+](=O)[O-])c(N=[N+]=[N-])c2c1[N+](=O)[O-]. The van der Waals surface area contributed by atoms with Gasteiger partial charge in [0, 0.05) is 4.91 Å². The molecule has 0 unspecified atom stereocenters. The van der Waals surface area contributed by atoms with E-state index in [1.807, 2.05) is 0 Å². The molecular formula is C11H8N6O5. The summed E-state index contributed by atoms with van der Waals surface area (Å²) in [5.41, 5.74) is 7.14. The number of aryl methyl sites for hydroxylation is 1. The third-order valence-electron chi connectivity index (χ3n) is 2.94. The number of fused-ring (bicyclic) bond motifs is 1. The second-order valence-corrected chi connectivity index (χ2v) is 4.11. The summed E-state index contributed by atoms with van der Waals surface area (Å²) in [4.78, 5) is 27.4. The molecule has 1 aromatic carbocycles. The van der Waals surface area contributed by atoms with Gasteiger partial charge in [-0.15, -0.1) is 0 Å². The van der Waals surface area contributed by atoms with Crippen LogP contribution in [0.3, 0.4) is 0 Å². The van der Waals surface area contributed by atoms with Gasteiger partial charge in [-0.05, 0) is 24.6 Å². The Morgan fingerprint density at radius 3 is 2.41 bits per heavy atom. The fraction of sp³-hybridized carbons (Fsp3) is 0.182. The molecule has 2 rings (SSSR count). The first-order chi connectivity index (χ1) is 10.4. The summed E-state index contributed by atoms with van der Waals surface area (Å²) < 4.78 is 4.90. The van der Waals surface area contributed by atoms with E-state index in [4.69, 9.17) is 10.3 Å². The van der Waals surface area contributed by atoms with Crippen molar-refractivity contribution < 1.29 is 14.6 Å². The Labute approximate surface area is 122 Å². The molecule has 11 nitrogen and oxygen atoms in total. The number of benzene rings is 1. The number of ether oxygens (including phenoxy) is 1. The van der Waals surface area contributed by atoms with Crippen molar-refractivity contribution in [1.82, 2.24) is 4.98 Å². The minimum Gasteiger partial charge on any atom is -0.490 e. The highest BCUT2D eigenvalue weighted by Crippen LogP contribution is 2.45. The van der Waals surface area contributed by atoms with Crippen LogP contribution in [0.5, 0.6) is 5.75 Å². The first-order valence-electron chi connectivity index (χ1n) is 5.77. The lowest BCUT2D eigenvalue weighted by atomic mass is 10.1. The van der Waals surface area contributed by atoms with E-state index in [-0.39, 0.29) is 22.3 Å². The van der Waals surface area contributed by atoms with E-state index in [2.05, 4.69) is 15.0 Å². The predicted molar refractivity (Wildman–Crippen MR) is 75.1 cm³/mol. The standard InChI is InChI=1S/C11H8N6O5/c1-5-10(16(18)19)9(14-15-12)8-6(13-5)3-4-7(22-2)11(8)17(20)21/h3-4H,1-2H3. The number of azide groups is 1. The summed E-state index contributed by atoms with van der Waals surface area (Å²) in [5, 5.41) is 25.5. The van der Waals surface area contributed by atoms with Gasteiger partial charge in [-0.3, -0.25) is 20.2 Å². The molecule has 11 heteroatoms. The van der Waals surface area contributed by atoms with Crippen molar-refractivity contribution in [3.05, 3.63) is 48.5 Å². The molecule has 2 aromatic rings. The van der Waals surface area contributed by atoms with Gasteiger partial charge in [0.25, 0.3) is 0 Å². The molecular weight excluding hydrogens is 296 g/mol. The van der Waals surface area contributed by atoms with Crippen molar-refractivity contribution >= 4 is 28.0 Å². The molecule has 0 aliphatic rings. The molecule has 0 fully saturated rings. The number of aromatic nitrogens is 1. The predicted octanol–water partition coefficient (Wildman–Crippen LogP) is 3.31. The minimum absolute atomic E-state index is 0.0145. The molecule has 0 spiro atoms. The summed E-state index contributed by atoms with van der Waals surface area (Å²) >= 11 is 0. The zero-order valence-corrected chi connectivity index (χ0v) is 11.4. The molecule has 1 aromatic heterocycles. The van der Waals surface area contributed by atoms with Crippen LogP contribution in [0.1, 0.15) is 5.69 Å². The lowest BCUT2D eigenvalue weighted by Gasteiger charge is -2.08. The van der Waals surface area contributed by atoms with Crippen molar-refractivity contribution in [3.8, 4) is 5.75 Å². The third kappa shape index (κ3) is 2.21. The highest BCUT2D eigenvalue weighted by molar-refractivity contribution is 6.03. The van der Waals surface area contributed by atoms with Gasteiger partial charge in [0.2, 0.25) is 0 Å². The van der Waals surface area contributed by atoms with Gasteiger partial charge in [-0.25, -0.2) is 4.98 Å². The number of rotatable bonds is 4. The van der Waals surface area contributed by atoms with Gasteiger partial charge >= 0.3 is 11.4 Å². The Hall–Kier alpha value is -3.46. The number of hydrogen-bond acceptors (Lipinski definition) is 7. The lowest BCUT2D eigenvalue weighted by Crippen LogP contribution is -2.00. The molecule has 0 N–H and O–H groups in total. The Kier molecular flexibility index (Phi) is 3.73. The second-order valence-electron chi connectivity index (χ2n) is 4.11. The summed E-state index contributed by atoms with van der Waals surface area (Å²) in [7, 11) is 1.22. The van der Waals surface area contributed by atoms with Gasteiger partial charge in [-0.1, -0.05) is 5.11 Å². The Morgan fingerprint density at radius 2 is 1.91 bits per heavy atom. The monoisotopic (exact) mass is 304 g/mol. The topological polar surface area (TPSA) is 157 Å². The van der Waals surface area contributed by atoms with Crippen LogP contribution in [0, 0.1) is 27.2 Å². The molecule has 0 aliphatic carbocycles. The molecule has 0 bridgehead atoms. The van der Waals surface area contributed by atoms with Crippen LogP contribution in [0.15, 0.2) is 17.2 Å². The zero-order chi connectivity index (χ0) is 16.4. The van der Waals surface area contributed by atoms with Crippen LogP contribution < -0.4 is 4.74 Å². The number of pyridine rings is 1. The maximum absolute atomic E-state index is 11.3. The number of nitro groups is 2. The van der Waals surface area contributed by atoms with Gasteiger partial charge in [0.1, 0.15) is 11.4 Å². The van der Waals surface area contributed by atoms with E-state index in [0.29, 0.717) is 0 Å². The van der Waals surface area contributed by atoms with Crippen LogP contribution in [-0.4, -0.2) is 21.9 Å². The smallest absolute Gasteiger partial charge is 0.320 e. The number of methoxy groups -OCH3 is 1. The van der Waals surface area contributed by atoms with Crippen molar-refractivity contribution in [3.63, 3.8) is 0 Å². The highest BCUT2D eigenvalue weighted by Gasteiger charge is 2.29. The van der Waals surface area contributed by atoms with Gasteiger partial charge in [0.15, 0.2) is 5.75 Å². The molecule has 0 saturated carbocycles. The first kappa shape index (κ1) is 14.9. The fourth-order valence-electron chi connectivity index (χ4n) is 2.12. The molecule has 0 radical (unpaired) electrons. The van der Waals surface area contributed by atoms with Gasteiger partial charge in [0.05, 0.1) is 27.9 Å². The van der Waals surface area contributed by atoms with Crippen LogP contribution in [-0.2, 0) is 0 Å². The lowest BCUT2D eigenvalue weighted by molar-refractivity contribution is -0.386. The molecule has 0 saturated heterocycles. The summed E-state index contributed by atoms with van der Waals surface area (Å²) in [5.74, 6) is -0.119. The number of nitrogens with zero attached hydrogens (tertiary/aromatic N) is 6. The Morgan fingerprint density at radius 1 is 1.27 bits per heavy atom. The van der Waals surface area contributed by atoms with E-state index < -0.39 is 26.9 Å². The van der Waals surface area contributed by atoms with Crippen LogP contribution in [0.2, 0.25) is 0 Å². The summed E-state index contributed by atoms with van der Waals surface area (Å²) in [6, 6.07) is 2.72. The zero-order valence-electron chi connectivity index (χ0n) is 11.4. The number of hydrogen-bond donors (Lipinski definition) is 0. The van der Waals surface area contributed by atoms with Crippen molar-refractivity contribution in [1.29, 1.82) is 0 Å². The number of nitro benzene ring substituents is 1. The Balaban J connectivity index is 3.15. The van der Waals surface area contributed by atoms with Crippen molar-refractivity contribution in [2.45, 2.75) is 6.92 Å². The third-order valence-corrected chi connectivity index (χ3v) is 2.94. The average Bonchev–Trinajstić information content (AvgIpc) is 2.45. The van der Waals surface area contributed by atoms with E-state index in [0.717, 1.165) is 0 Å². The highest BCUT2D eigenvalue weighted by atomic mass is 16.6. The van der Waals surface area contributed by atoms with Crippen molar-refractivity contribution in [2.75, 3.05) is 7.11 Å². The summed E-state index contributed by atoms with van der Waals surface area (Å²) in [6.07, 6.45) is 0. The molecule has 22 heavy (non-hydrogen) atoms. The molecule has 0 aliphatic heterocycles. The normalized spacial score (nSPS) is 10.1. The van der Waals surface area contributed by atoms with E-state index in [1.165, 1.54) is 26.2 Å². The van der Waals surface area contributed by atoms with Crippen LogP contribution in [0.4, 0.5) is 17.1 Å². The Bertz CT molecular complexity index is 858. The first-order valence-corrected chi connectivity index (χ1v) is 5.77. The van der Waals surface area contributed by atoms with E-state index in [1.54, 1.807) is 0 Å². The molecule has 1 heterocycles. The van der Waals surface area contributed by atoms with Gasteiger partial charge < -0.3 is 4.74 Å². The summed E-state index contributed by atoms with van der Waals surface area (Å²) in [6.45, 7) is 1.35. The molecule has 112 valence electrons. The molecule has 0 amide bonds. The van der Waals surface area contributed by atoms with Gasteiger partial charge in [-0.2, -0.15) is 0 Å². The second kappa shape index (κ2) is 5.50. The average molecular weight is 304 g/mol. The fourth-order valence-corrected chi connectivity index (χ4v) is 2.12. The van der Waals surface area contributed by atoms with Crippen molar-refractivity contribution in [2.24, 2.45) is 5.11 Å². The van der Waals surface area contributed by atoms with E-state index >= 15 is 0 Å².